The van der Waals surface area contributed by atoms with Crippen LogP contribution in [0.2, 0.25) is 0 Å². The molecule has 0 aliphatic heterocycles. The molecule has 0 amide bonds. The van der Waals surface area contributed by atoms with Gasteiger partial charge < -0.3 is 57.7 Å². The molecule has 2 radical (unpaired) electrons. The second-order valence-corrected chi connectivity index (χ2v) is 4.02. The van der Waals surface area contributed by atoms with E-state index in [1.54, 1.807) is 0 Å². The summed E-state index contributed by atoms with van der Waals surface area (Å²) >= 11 is 0. The minimum atomic E-state index is -5.39. The molecule has 0 saturated carbocycles. The van der Waals surface area contributed by atoms with Crippen LogP contribution in [0.3, 0.4) is 0 Å². The second-order valence-electron chi connectivity index (χ2n) is 1.34. The van der Waals surface area contributed by atoms with E-state index >= 15 is 0 Å². The fraction of sp³-hybridized carbons (Fsp3) is 0. The fourth-order valence-corrected chi connectivity index (χ4v) is 0. The first-order valence-corrected chi connectivity index (χ1v) is 6.57. The van der Waals surface area contributed by atoms with Crippen molar-refractivity contribution in [3.63, 3.8) is 0 Å². The average Bonchev–Trinajstić information content (AvgIpc) is 1.41. The maximum atomic E-state index is 8.55. The number of phosphoric acid groups is 3. The van der Waals surface area contributed by atoms with E-state index in [-0.39, 0.29) is 44.0 Å². The van der Waals surface area contributed by atoms with Gasteiger partial charge in [-0.25, -0.2) is 0 Å². The van der Waals surface area contributed by atoms with Crippen LogP contribution in [-0.2, 0) is 47.8 Å². The molecule has 0 spiro atoms. The van der Waals surface area contributed by atoms with E-state index in [1.165, 1.54) is 0 Å². The molecule has 0 atom stereocenters. The summed E-state index contributed by atoms with van der Waals surface area (Å²) in [6.07, 6.45) is 0. The summed E-state index contributed by atoms with van der Waals surface area (Å²) in [7, 11) is -16.2. The van der Waals surface area contributed by atoms with Crippen molar-refractivity contribution in [2.45, 2.75) is 0 Å². The predicted molar refractivity (Wildman–Crippen MR) is 38.1 cm³/mol. The van der Waals surface area contributed by atoms with Crippen LogP contribution in [0.1, 0.15) is 0 Å². The molecule has 0 aliphatic carbocycles. The van der Waals surface area contributed by atoms with E-state index in [1.807, 2.05) is 0 Å². The molecule has 0 unspecified atom stereocenters. The Balaban J connectivity index is -0.0000000277. The molecule has 0 bridgehead atoms. The van der Waals surface area contributed by atoms with Crippen LogP contribution in [0.25, 0.3) is 0 Å². The zero-order chi connectivity index (χ0) is 13.5. The zero-order valence-electron chi connectivity index (χ0n) is 6.95. The minimum absolute atomic E-state index is 0. The Hall–Kier alpha value is 1.80. The van der Waals surface area contributed by atoms with Gasteiger partial charge in [-0.2, -0.15) is 23.5 Å². The van der Waals surface area contributed by atoms with Crippen LogP contribution in [0, 0.1) is 0 Å². The van der Waals surface area contributed by atoms with Crippen LogP contribution in [-0.4, -0.2) is 0 Å². The number of hydrogen-bond acceptors (Lipinski definition) is 12. The molecule has 0 heterocycles. The van der Waals surface area contributed by atoms with Crippen LogP contribution >= 0.6 is 33.4 Å². The van der Waals surface area contributed by atoms with Crippen molar-refractivity contribution in [3.8, 4) is 0 Å². The third kappa shape index (κ3) is 1550. The maximum Gasteiger partial charge on any atom is 3.00 e. The summed E-state index contributed by atoms with van der Waals surface area (Å²) in [5.74, 6) is 0. The number of hydrogen-bond donors (Lipinski definition) is 0. The quantitative estimate of drug-likeness (QED) is 0.254. The molecule has 0 aromatic heterocycles. The molecular weight excluding hydrogens is 428 g/mol. The van der Waals surface area contributed by atoms with Crippen molar-refractivity contribution in [2.75, 3.05) is 0 Å². The van der Waals surface area contributed by atoms with Crippen molar-refractivity contribution in [1.29, 1.82) is 0 Å². The first-order valence-electron chi connectivity index (χ1n) is 2.19. The Kier molecular flexibility index (Phi) is 31.0. The van der Waals surface area contributed by atoms with Gasteiger partial charge in [0.2, 0.25) is 0 Å². The van der Waals surface area contributed by atoms with E-state index in [2.05, 4.69) is 0 Å². The Labute approximate surface area is 125 Å². The zero-order valence-corrected chi connectivity index (χ0v) is 11.8. The molecule has 18 heavy (non-hydrogen) atoms. The van der Waals surface area contributed by atoms with E-state index in [4.69, 9.17) is 57.7 Å². The van der Waals surface area contributed by atoms with Gasteiger partial charge in [-0.3, -0.25) is 9.90 Å². The Morgan fingerprint density at radius 2 is 0.444 bits per heavy atom. The summed E-state index contributed by atoms with van der Waals surface area (Å²) in [6, 6.07) is 0. The van der Waals surface area contributed by atoms with Gasteiger partial charge in [0.25, 0.3) is 0 Å². The molecule has 0 rings (SSSR count). The van der Waals surface area contributed by atoms with Gasteiger partial charge in [0.05, 0.1) is 0 Å². The van der Waals surface area contributed by atoms with Crippen molar-refractivity contribution >= 4 is 33.4 Å². The van der Waals surface area contributed by atoms with Crippen molar-refractivity contribution in [1.82, 2.24) is 0 Å². The molecule has 0 N–H and O–H groups in total. The minimum Gasteiger partial charge on any atom is -0.822 e. The third-order valence-corrected chi connectivity index (χ3v) is 0. The molecule has 0 fully saturated rings. The fourth-order valence-electron chi connectivity index (χ4n) is 0. The maximum absolute atomic E-state index is 8.55. The predicted octanol–water partition coefficient (Wildman–Crippen LogP) is -9.22. The van der Waals surface area contributed by atoms with Crippen LogP contribution < -0.4 is 44.0 Å². The molecule has 0 saturated heterocycles. The van der Waals surface area contributed by atoms with Gasteiger partial charge in [0, 0.05) is 0 Å². The summed E-state index contributed by atoms with van der Waals surface area (Å²) in [6.45, 7) is 0. The summed E-state index contributed by atoms with van der Waals surface area (Å²) < 4.78 is 25.6. The second kappa shape index (κ2) is 15.2. The molecule has 0 aromatic rings. The van der Waals surface area contributed by atoms with Crippen LogP contribution in [0.4, 0.5) is 0 Å². The first kappa shape index (κ1) is 36.7. The van der Waals surface area contributed by atoms with Crippen molar-refractivity contribution < 1.29 is 91.9 Å². The SMILES string of the molecule is O=P([O-])([O-])[O-].O=P([O-])([O-])[O-].O=P([O-])([O-])[O-].[Fe+3].[Fe+3].[PH6+3]. The van der Waals surface area contributed by atoms with Crippen molar-refractivity contribution in [2.24, 2.45) is 0 Å². The van der Waals surface area contributed by atoms with E-state index < -0.39 is 23.5 Å². The Morgan fingerprint density at radius 1 is 0.444 bits per heavy atom. The molecule has 0 aromatic carbocycles. The van der Waals surface area contributed by atoms with Crippen LogP contribution in [0.5, 0.6) is 0 Å². The summed E-state index contributed by atoms with van der Waals surface area (Å²) in [5.41, 5.74) is 0. The van der Waals surface area contributed by atoms with Gasteiger partial charge in [-0.1, -0.05) is 0 Å². The van der Waals surface area contributed by atoms with Crippen LogP contribution in [0.15, 0.2) is 0 Å². The topological polar surface area (TPSA) is 259 Å². The smallest absolute Gasteiger partial charge is 0.822 e. The van der Waals surface area contributed by atoms with Gasteiger partial charge in [0.15, 0.2) is 0 Å². The van der Waals surface area contributed by atoms with E-state index in [0.29, 0.717) is 0 Å². The Morgan fingerprint density at radius 3 is 0.444 bits per heavy atom. The normalized spacial score (nSPS) is 9.83. The molecule has 0 aliphatic rings. The molecule has 12 nitrogen and oxygen atoms in total. The van der Waals surface area contributed by atoms with Gasteiger partial charge in [-0.05, 0) is 0 Å². The van der Waals surface area contributed by atoms with E-state index in [0.717, 1.165) is 0 Å². The number of rotatable bonds is 0. The molecule has 18 heteroatoms. The Bertz CT molecular complexity index is 208. The molecular formula is H6Fe2O12P4. The van der Waals surface area contributed by atoms with E-state index in [9.17, 15) is 0 Å². The monoisotopic (exact) mass is 434 g/mol. The largest absolute Gasteiger partial charge is 3.00 e. The van der Waals surface area contributed by atoms with Gasteiger partial charge in [-0.15, -0.1) is 0 Å². The average molecular weight is 434 g/mol. The summed E-state index contributed by atoms with van der Waals surface area (Å²) in [4.78, 5) is 76.9. The first-order chi connectivity index (χ1) is 6.00. The standard InChI is InChI=1S/2Fe.3H3O4P.H6P/c;;3*1-5(2,3)4;/h;;3*(H3,1,2,3,4);1H6/q2*+3;;;;+3/p-9. The van der Waals surface area contributed by atoms with Gasteiger partial charge in [0.1, 0.15) is 0 Å². The molecule has 114 valence electrons. The third-order valence-electron chi connectivity index (χ3n) is 0. The van der Waals surface area contributed by atoms with Crippen molar-refractivity contribution in [3.05, 3.63) is 0 Å². The van der Waals surface area contributed by atoms with Gasteiger partial charge >= 0.3 is 34.1 Å². The summed E-state index contributed by atoms with van der Waals surface area (Å²) in [5, 5.41) is 0.